The molecule has 0 aliphatic carbocycles. The summed E-state index contributed by atoms with van der Waals surface area (Å²) in [6.07, 6.45) is 6.05. The second-order valence-corrected chi connectivity index (χ2v) is 5.09. The molecule has 0 spiro atoms. The van der Waals surface area contributed by atoms with Crippen molar-refractivity contribution in [2.24, 2.45) is 13.0 Å². The molecule has 0 bridgehead atoms. The summed E-state index contributed by atoms with van der Waals surface area (Å²) in [7, 11) is 1.78. The van der Waals surface area contributed by atoms with E-state index in [9.17, 15) is 9.59 Å². The number of piperidine rings is 1. The van der Waals surface area contributed by atoms with Gasteiger partial charge in [0.25, 0.3) is 5.91 Å². The first kappa shape index (κ1) is 13.6. The summed E-state index contributed by atoms with van der Waals surface area (Å²) in [5.41, 5.74) is 0.599. The van der Waals surface area contributed by atoms with E-state index in [2.05, 4.69) is 5.10 Å². The summed E-state index contributed by atoms with van der Waals surface area (Å²) in [5, 5.41) is 12.7. The van der Waals surface area contributed by atoms with Gasteiger partial charge in [0.15, 0.2) is 0 Å². The second kappa shape index (κ2) is 5.86. The van der Waals surface area contributed by atoms with Gasteiger partial charge in [-0.25, -0.2) is 0 Å². The molecule has 0 saturated carbocycles. The van der Waals surface area contributed by atoms with E-state index in [4.69, 9.17) is 5.11 Å². The lowest BCUT2D eigenvalue weighted by molar-refractivity contribution is -0.137. The van der Waals surface area contributed by atoms with Gasteiger partial charge in [0.2, 0.25) is 0 Å². The molecule has 2 heterocycles. The highest BCUT2D eigenvalue weighted by Gasteiger charge is 2.25. The van der Waals surface area contributed by atoms with E-state index in [1.54, 1.807) is 24.1 Å². The van der Waals surface area contributed by atoms with Gasteiger partial charge >= 0.3 is 5.97 Å². The molecule has 2 rings (SSSR count). The summed E-state index contributed by atoms with van der Waals surface area (Å²) in [5.74, 6) is -0.477. The molecule has 6 heteroatoms. The van der Waals surface area contributed by atoms with Crippen molar-refractivity contribution in [2.45, 2.75) is 25.7 Å². The topological polar surface area (TPSA) is 75.4 Å². The zero-order chi connectivity index (χ0) is 13.8. The zero-order valence-corrected chi connectivity index (χ0v) is 11.1. The maximum absolute atomic E-state index is 12.3. The van der Waals surface area contributed by atoms with Crippen molar-refractivity contribution < 1.29 is 14.7 Å². The first-order chi connectivity index (χ1) is 9.06. The van der Waals surface area contributed by atoms with Crippen LogP contribution in [-0.4, -0.2) is 44.8 Å². The fourth-order valence-corrected chi connectivity index (χ4v) is 2.53. The first-order valence-corrected chi connectivity index (χ1v) is 6.56. The third kappa shape index (κ3) is 3.56. The minimum atomic E-state index is -0.768. The van der Waals surface area contributed by atoms with Crippen LogP contribution >= 0.6 is 0 Å². The van der Waals surface area contributed by atoms with E-state index in [-0.39, 0.29) is 12.3 Å². The van der Waals surface area contributed by atoms with Crippen molar-refractivity contribution >= 4 is 11.9 Å². The molecule has 1 aliphatic rings. The summed E-state index contributed by atoms with van der Waals surface area (Å²) in [6, 6.07) is 0. The van der Waals surface area contributed by atoms with Crippen LogP contribution in [0, 0.1) is 5.92 Å². The second-order valence-electron chi connectivity index (χ2n) is 5.09. The Morgan fingerprint density at radius 1 is 1.53 bits per heavy atom. The van der Waals surface area contributed by atoms with Gasteiger partial charge in [-0.3, -0.25) is 14.3 Å². The Labute approximate surface area is 112 Å². The average molecular weight is 265 g/mol. The number of aliphatic carboxylic acids is 1. The van der Waals surface area contributed by atoms with Crippen LogP contribution in [0.4, 0.5) is 0 Å². The Morgan fingerprint density at radius 3 is 2.95 bits per heavy atom. The molecule has 6 nitrogen and oxygen atoms in total. The van der Waals surface area contributed by atoms with Gasteiger partial charge in [-0.1, -0.05) is 0 Å². The number of carbonyl (C=O) groups excluding carboxylic acids is 1. The Morgan fingerprint density at radius 2 is 2.32 bits per heavy atom. The summed E-state index contributed by atoms with van der Waals surface area (Å²) < 4.78 is 1.61. The molecule has 1 aromatic heterocycles. The number of aromatic nitrogens is 2. The molecular weight excluding hydrogens is 246 g/mol. The van der Waals surface area contributed by atoms with Crippen molar-refractivity contribution in [3.63, 3.8) is 0 Å². The minimum Gasteiger partial charge on any atom is -0.481 e. The molecule has 1 aliphatic heterocycles. The number of carboxylic acid groups (broad SMARTS) is 1. The molecule has 0 radical (unpaired) electrons. The fourth-order valence-electron chi connectivity index (χ4n) is 2.53. The van der Waals surface area contributed by atoms with Crippen LogP contribution in [0.5, 0.6) is 0 Å². The number of likely N-dealkylation sites (tertiary alicyclic amines) is 1. The normalized spacial score (nSPS) is 19.4. The van der Waals surface area contributed by atoms with Gasteiger partial charge in [0.1, 0.15) is 0 Å². The highest BCUT2D eigenvalue weighted by atomic mass is 16.4. The van der Waals surface area contributed by atoms with Crippen LogP contribution in [0.15, 0.2) is 12.4 Å². The predicted molar refractivity (Wildman–Crippen MR) is 68.7 cm³/mol. The van der Waals surface area contributed by atoms with Crippen molar-refractivity contribution in [2.75, 3.05) is 13.1 Å². The van der Waals surface area contributed by atoms with E-state index >= 15 is 0 Å². The van der Waals surface area contributed by atoms with Crippen molar-refractivity contribution in [3.8, 4) is 0 Å². The third-order valence-electron chi connectivity index (χ3n) is 3.52. The van der Waals surface area contributed by atoms with Crippen LogP contribution in [0.1, 0.15) is 36.0 Å². The van der Waals surface area contributed by atoms with Gasteiger partial charge in [-0.15, -0.1) is 0 Å². The number of aryl methyl sites for hydroxylation is 1. The lowest BCUT2D eigenvalue weighted by atomic mass is 9.93. The highest BCUT2D eigenvalue weighted by molar-refractivity contribution is 5.93. The molecule has 1 atom stereocenters. The number of amides is 1. The lowest BCUT2D eigenvalue weighted by Gasteiger charge is -2.32. The SMILES string of the molecule is Cn1cc(C(=O)N2CCCC(CCC(=O)O)C2)cn1. The van der Waals surface area contributed by atoms with Gasteiger partial charge in [-0.05, 0) is 25.2 Å². The number of hydrogen-bond acceptors (Lipinski definition) is 3. The molecule has 1 fully saturated rings. The number of nitrogens with zero attached hydrogens (tertiary/aromatic N) is 3. The summed E-state index contributed by atoms with van der Waals surface area (Å²) in [6.45, 7) is 1.40. The number of carboxylic acids is 1. The van der Waals surface area contributed by atoms with Crippen LogP contribution in [0.25, 0.3) is 0 Å². The van der Waals surface area contributed by atoms with Crippen molar-refractivity contribution in [1.29, 1.82) is 0 Å². The third-order valence-corrected chi connectivity index (χ3v) is 3.52. The Bertz CT molecular complexity index is 469. The van der Waals surface area contributed by atoms with E-state index in [0.717, 1.165) is 19.4 Å². The Hall–Kier alpha value is -1.85. The van der Waals surface area contributed by atoms with Crippen LogP contribution in [-0.2, 0) is 11.8 Å². The molecular formula is C13H19N3O3. The van der Waals surface area contributed by atoms with Crippen molar-refractivity contribution in [1.82, 2.24) is 14.7 Å². The maximum Gasteiger partial charge on any atom is 0.303 e. The van der Waals surface area contributed by atoms with Gasteiger partial charge in [0, 0.05) is 32.8 Å². The predicted octanol–water partition coefficient (Wildman–Crippen LogP) is 1.14. The van der Waals surface area contributed by atoms with Crippen LogP contribution < -0.4 is 0 Å². The Kier molecular flexibility index (Phi) is 4.19. The number of rotatable bonds is 4. The molecule has 1 amide bonds. The zero-order valence-electron chi connectivity index (χ0n) is 11.1. The molecule has 1 N–H and O–H groups in total. The van der Waals surface area contributed by atoms with Gasteiger partial charge in [0.05, 0.1) is 11.8 Å². The smallest absolute Gasteiger partial charge is 0.303 e. The molecule has 0 aromatic carbocycles. The maximum atomic E-state index is 12.3. The Balaban J connectivity index is 1.93. The molecule has 104 valence electrons. The standard InChI is InChI=1S/C13H19N3O3/c1-15-9-11(7-14-15)13(19)16-6-2-3-10(8-16)4-5-12(17)18/h7,9-10H,2-6,8H2,1H3,(H,17,18). The number of hydrogen-bond donors (Lipinski definition) is 1. The first-order valence-electron chi connectivity index (χ1n) is 6.56. The minimum absolute atomic E-state index is 0.00637. The molecule has 1 saturated heterocycles. The van der Waals surface area contributed by atoms with E-state index < -0.39 is 5.97 Å². The van der Waals surface area contributed by atoms with E-state index in [0.29, 0.717) is 24.4 Å². The van der Waals surface area contributed by atoms with Gasteiger partial charge in [-0.2, -0.15) is 5.10 Å². The monoisotopic (exact) mass is 265 g/mol. The lowest BCUT2D eigenvalue weighted by Crippen LogP contribution is -2.39. The fraction of sp³-hybridized carbons (Fsp3) is 0.615. The highest BCUT2D eigenvalue weighted by Crippen LogP contribution is 2.22. The summed E-state index contributed by atoms with van der Waals surface area (Å²) >= 11 is 0. The van der Waals surface area contributed by atoms with E-state index in [1.165, 1.54) is 0 Å². The molecule has 19 heavy (non-hydrogen) atoms. The van der Waals surface area contributed by atoms with E-state index in [1.807, 2.05) is 4.90 Å². The van der Waals surface area contributed by atoms with Crippen molar-refractivity contribution in [3.05, 3.63) is 18.0 Å². The quantitative estimate of drug-likeness (QED) is 0.885. The summed E-state index contributed by atoms with van der Waals surface area (Å²) in [4.78, 5) is 24.7. The van der Waals surface area contributed by atoms with Gasteiger partial charge < -0.3 is 10.0 Å². The largest absolute Gasteiger partial charge is 0.481 e. The molecule has 1 aromatic rings. The van der Waals surface area contributed by atoms with Crippen LogP contribution in [0.2, 0.25) is 0 Å². The number of carbonyl (C=O) groups is 2. The molecule has 1 unspecified atom stereocenters. The average Bonchev–Trinajstić information content (AvgIpc) is 2.82. The van der Waals surface area contributed by atoms with Crippen LogP contribution in [0.3, 0.4) is 0 Å².